The maximum Gasteiger partial charge on any atom is 0.267 e. The number of nitrogens with two attached hydrogens (primary N) is 1. The Morgan fingerprint density at radius 3 is 2.79 bits per heavy atom. The minimum Gasteiger partial charge on any atom is -0.479 e. The van der Waals surface area contributed by atoms with E-state index in [1.807, 2.05) is 18.2 Å². The van der Waals surface area contributed by atoms with Crippen LogP contribution in [0.3, 0.4) is 0 Å². The fourth-order valence-electron chi connectivity index (χ4n) is 2.77. The molecule has 7 heteroatoms. The lowest BCUT2D eigenvalue weighted by molar-refractivity contribution is -0.124. The largest absolute Gasteiger partial charge is 0.479 e. The molecule has 0 spiro atoms. The van der Waals surface area contributed by atoms with Crippen molar-refractivity contribution in [1.82, 2.24) is 4.98 Å². The predicted molar refractivity (Wildman–Crippen MR) is 100 cm³/mol. The number of nitrogens with zero attached hydrogens (tertiary/aromatic N) is 2. The number of fused-ring (bicyclic) bond motifs is 1. The van der Waals surface area contributed by atoms with Gasteiger partial charge in [-0.25, -0.2) is 0 Å². The molecule has 1 amide bonds. The SMILES string of the molecule is CC(Oc1cccnc1)C(=O)N1CCCc2c(N)cccc21.Cl.Cl. The number of pyridine rings is 1. The molecule has 3 rings (SSSR count). The summed E-state index contributed by atoms with van der Waals surface area (Å²) < 4.78 is 5.69. The van der Waals surface area contributed by atoms with Gasteiger partial charge >= 0.3 is 0 Å². The first kappa shape index (κ1) is 20.1. The van der Waals surface area contributed by atoms with Crippen LogP contribution in [0.25, 0.3) is 0 Å². The van der Waals surface area contributed by atoms with Gasteiger partial charge in [0.25, 0.3) is 5.91 Å². The van der Waals surface area contributed by atoms with E-state index in [2.05, 4.69) is 4.98 Å². The molecule has 2 heterocycles. The van der Waals surface area contributed by atoms with Crippen molar-refractivity contribution in [2.45, 2.75) is 25.9 Å². The summed E-state index contributed by atoms with van der Waals surface area (Å²) in [6, 6.07) is 9.27. The minimum atomic E-state index is -0.573. The maximum atomic E-state index is 12.7. The van der Waals surface area contributed by atoms with Gasteiger partial charge in [0.2, 0.25) is 0 Å². The summed E-state index contributed by atoms with van der Waals surface area (Å²) in [4.78, 5) is 18.5. The first-order valence-corrected chi connectivity index (χ1v) is 7.42. The van der Waals surface area contributed by atoms with Crippen molar-refractivity contribution >= 4 is 42.1 Å². The Hall–Kier alpha value is -1.98. The number of aromatic nitrogens is 1. The van der Waals surface area contributed by atoms with Crippen molar-refractivity contribution in [3.05, 3.63) is 48.3 Å². The molecular weight excluding hydrogens is 349 g/mol. The van der Waals surface area contributed by atoms with Gasteiger partial charge in [0.15, 0.2) is 6.10 Å². The molecule has 1 aromatic carbocycles. The Labute approximate surface area is 154 Å². The number of halogens is 2. The number of ether oxygens (including phenoxy) is 1. The number of carbonyl (C=O) groups excluding carboxylic acids is 1. The van der Waals surface area contributed by atoms with Crippen molar-refractivity contribution in [2.75, 3.05) is 17.2 Å². The molecule has 0 bridgehead atoms. The van der Waals surface area contributed by atoms with E-state index in [-0.39, 0.29) is 30.7 Å². The van der Waals surface area contributed by atoms with E-state index in [0.29, 0.717) is 12.3 Å². The summed E-state index contributed by atoms with van der Waals surface area (Å²) >= 11 is 0. The molecule has 5 nitrogen and oxygen atoms in total. The molecule has 2 N–H and O–H groups in total. The lowest BCUT2D eigenvalue weighted by atomic mass is 9.99. The number of benzene rings is 1. The van der Waals surface area contributed by atoms with Gasteiger partial charge in [-0.1, -0.05) is 6.07 Å². The van der Waals surface area contributed by atoms with Gasteiger partial charge < -0.3 is 15.4 Å². The Kier molecular flexibility index (Phi) is 7.32. The van der Waals surface area contributed by atoms with Gasteiger partial charge in [0, 0.05) is 24.1 Å². The van der Waals surface area contributed by atoms with E-state index in [9.17, 15) is 4.79 Å². The highest BCUT2D eigenvalue weighted by atomic mass is 35.5. The van der Waals surface area contributed by atoms with Gasteiger partial charge in [-0.2, -0.15) is 0 Å². The van der Waals surface area contributed by atoms with Crippen LogP contribution in [0.2, 0.25) is 0 Å². The van der Waals surface area contributed by atoms with Gasteiger partial charge in [0.05, 0.1) is 6.20 Å². The first-order valence-electron chi connectivity index (χ1n) is 7.42. The number of anilines is 2. The van der Waals surface area contributed by atoms with Crippen LogP contribution in [-0.4, -0.2) is 23.5 Å². The number of rotatable bonds is 3. The summed E-state index contributed by atoms with van der Waals surface area (Å²) in [5, 5.41) is 0. The zero-order valence-corrected chi connectivity index (χ0v) is 15.0. The quantitative estimate of drug-likeness (QED) is 0.843. The molecular formula is C17H21Cl2N3O2. The van der Waals surface area contributed by atoms with Crippen molar-refractivity contribution < 1.29 is 9.53 Å². The van der Waals surface area contributed by atoms with Crippen molar-refractivity contribution in [3.63, 3.8) is 0 Å². The molecule has 1 aromatic heterocycles. The van der Waals surface area contributed by atoms with Gasteiger partial charge in [-0.15, -0.1) is 24.8 Å². The summed E-state index contributed by atoms with van der Waals surface area (Å²) in [5.74, 6) is 0.531. The smallest absolute Gasteiger partial charge is 0.267 e. The molecule has 130 valence electrons. The highest BCUT2D eigenvalue weighted by Gasteiger charge is 2.28. The molecule has 0 saturated heterocycles. The average molecular weight is 370 g/mol. The monoisotopic (exact) mass is 369 g/mol. The maximum absolute atomic E-state index is 12.7. The van der Waals surface area contributed by atoms with Gasteiger partial charge in [-0.05, 0) is 49.6 Å². The van der Waals surface area contributed by atoms with E-state index in [1.54, 1.807) is 36.4 Å². The molecule has 0 radical (unpaired) electrons. The zero-order chi connectivity index (χ0) is 15.5. The number of amides is 1. The standard InChI is InChI=1S/C17H19N3O2.2ClH/c1-12(22-13-5-3-9-19-11-13)17(21)20-10-4-6-14-15(18)7-2-8-16(14)20;;/h2-3,5,7-9,11-12H,4,6,10,18H2,1H3;2*1H. The molecule has 24 heavy (non-hydrogen) atoms. The number of carbonyl (C=O) groups is 1. The van der Waals surface area contributed by atoms with Crippen LogP contribution in [0.5, 0.6) is 5.75 Å². The minimum absolute atomic E-state index is 0. The highest BCUT2D eigenvalue weighted by molar-refractivity contribution is 5.98. The summed E-state index contributed by atoms with van der Waals surface area (Å²) in [7, 11) is 0. The third-order valence-corrected chi connectivity index (χ3v) is 3.85. The molecule has 1 aliphatic rings. The second-order valence-electron chi connectivity index (χ2n) is 5.39. The molecule has 0 fully saturated rings. The predicted octanol–water partition coefficient (Wildman–Crippen LogP) is 3.25. The average Bonchev–Trinajstić information content (AvgIpc) is 2.55. The van der Waals surface area contributed by atoms with Crippen molar-refractivity contribution in [3.8, 4) is 5.75 Å². The second kappa shape index (κ2) is 8.76. The summed E-state index contributed by atoms with van der Waals surface area (Å²) in [5.41, 5.74) is 8.72. The Balaban J connectivity index is 0.00000144. The lowest BCUT2D eigenvalue weighted by Crippen LogP contribution is -2.43. The molecule has 1 aliphatic heterocycles. The Bertz CT molecular complexity index is 683. The van der Waals surface area contributed by atoms with Crippen molar-refractivity contribution in [1.29, 1.82) is 0 Å². The van der Waals surface area contributed by atoms with Crippen LogP contribution in [0.1, 0.15) is 18.9 Å². The fraction of sp³-hybridized carbons (Fsp3) is 0.294. The third kappa shape index (κ3) is 4.10. The molecule has 1 atom stereocenters. The number of nitrogen functional groups attached to an aromatic ring is 1. The summed E-state index contributed by atoms with van der Waals surface area (Å²) in [6.45, 7) is 2.45. The molecule has 0 saturated carbocycles. The first-order chi connectivity index (χ1) is 10.7. The third-order valence-electron chi connectivity index (χ3n) is 3.85. The van der Waals surface area contributed by atoms with Gasteiger partial charge in [0.1, 0.15) is 5.75 Å². The Morgan fingerprint density at radius 1 is 1.29 bits per heavy atom. The fourth-order valence-corrected chi connectivity index (χ4v) is 2.77. The normalized spacial score (nSPS) is 13.8. The van der Waals surface area contributed by atoms with E-state index in [4.69, 9.17) is 10.5 Å². The van der Waals surface area contributed by atoms with E-state index < -0.39 is 6.10 Å². The van der Waals surface area contributed by atoms with E-state index in [1.165, 1.54) is 0 Å². The summed E-state index contributed by atoms with van der Waals surface area (Å²) in [6.07, 6.45) is 4.52. The van der Waals surface area contributed by atoms with Crippen LogP contribution in [0.4, 0.5) is 11.4 Å². The van der Waals surface area contributed by atoms with Crippen LogP contribution < -0.4 is 15.4 Å². The van der Waals surface area contributed by atoms with Gasteiger partial charge in [-0.3, -0.25) is 9.78 Å². The number of hydrogen-bond acceptors (Lipinski definition) is 4. The van der Waals surface area contributed by atoms with Crippen LogP contribution in [0.15, 0.2) is 42.7 Å². The molecule has 0 aliphatic carbocycles. The molecule has 1 unspecified atom stereocenters. The van der Waals surface area contributed by atoms with Crippen molar-refractivity contribution in [2.24, 2.45) is 0 Å². The topological polar surface area (TPSA) is 68.5 Å². The van der Waals surface area contributed by atoms with E-state index in [0.717, 1.165) is 29.8 Å². The molecule has 2 aromatic rings. The Morgan fingerprint density at radius 2 is 2.08 bits per heavy atom. The van der Waals surface area contributed by atoms with Crippen LogP contribution in [-0.2, 0) is 11.2 Å². The van der Waals surface area contributed by atoms with E-state index >= 15 is 0 Å². The van der Waals surface area contributed by atoms with Crippen LogP contribution in [0, 0.1) is 0 Å². The number of hydrogen-bond donors (Lipinski definition) is 1. The lowest BCUT2D eigenvalue weighted by Gasteiger charge is -2.32. The second-order valence-corrected chi connectivity index (χ2v) is 5.39. The highest BCUT2D eigenvalue weighted by Crippen LogP contribution is 2.31. The zero-order valence-electron chi connectivity index (χ0n) is 13.3. The van der Waals surface area contributed by atoms with Crippen LogP contribution >= 0.6 is 24.8 Å².